The number of hydrogen-bond acceptors (Lipinski definition) is 4. The molecule has 0 saturated carbocycles. The van der Waals surface area contributed by atoms with Crippen LogP contribution in [0.2, 0.25) is 0 Å². The number of rotatable bonds is 5. The van der Waals surface area contributed by atoms with Crippen LogP contribution in [0.5, 0.6) is 5.75 Å². The molecule has 0 aliphatic rings. The Labute approximate surface area is 169 Å². The molecule has 0 amide bonds. The van der Waals surface area contributed by atoms with Gasteiger partial charge in [0.2, 0.25) is 0 Å². The van der Waals surface area contributed by atoms with Gasteiger partial charge in [0.25, 0.3) is 0 Å². The van der Waals surface area contributed by atoms with Gasteiger partial charge < -0.3 is 13.9 Å². The molecule has 1 heterocycles. The third-order valence-electron chi connectivity index (χ3n) is 4.96. The van der Waals surface area contributed by atoms with Gasteiger partial charge in [0, 0.05) is 16.7 Å². The van der Waals surface area contributed by atoms with E-state index in [2.05, 4.69) is 0 Å². The predicted molar refractivity (Wildman–Crippen MR) is 114 cm³/mol. The SMILES string of the molecule is CCOC(=O)c1c(-c2ccccc2)oc(C)c1-c1c(OC)ccc2ccccc12. The monoisotopic (exact) mass is 386 g/mol. The third kappa shape index (κ3) is 3.27. The van der Waals surface area contributed by atoms with Gasteiger partial charge >= 0.3 is 5.97 Å². The molecule has 0 unspecified atom stereocenters. The van der Waals surface area contributed by atoms with Crippen molar-refractivity contribution in [3.63, 3.8) is 0 Å². The number of furan rings is 1. The molecule has 0 atom stereocenters. The molecule has 1 aromatic heterocycles. The van der Waals surface area contributed by atoms with Crippen LogP contribution in [0.3, 0.4) is 0 Å². The molecule has 0 spiro atoms. The van der Waals surface area contributed by atoms with Gasteiger partial charge in [-0.15, -0.1) is 0 Å². The number of aryl methyl sites for hydroxylation is 1. The second kappa shape index (κ2) is 7.84. The zero-order valence-corrected chi connectivity index (χ0v) is 16.7. The maximum absolute atomic E-state index is 13.1. The maximum atomic E-state index is 13.1. The number of methoxy groups -OCH3 is 1. The van der Waals surface area contributed by atoms with Crippen molar-refractivity contribution in [1.29, 1.82) is 0 Å². The van der Waals surface area contributed by atoms with Crippen molar-refractivity contribution in [1.82, 2.24) is 0 Å². The van der Waals surface area contributed by atoms with E-state index in [4.69, 9.17) is 13.9 Å². The molecular weight excluding hydrogens is 364 g/mol. The lowest BCUT2D eigenvalue weighted by Gasteiger charge is -2.13. The average molecular weight is 386 g/mol. The summed E-state index contributed by atoms with van der Waals surface area (Å²) in [6.45, 7) is 3.94. The third-order valence-corrected chi connectivity index (χ3v) is 4.96. The van der Waals surface area contributed by atoms with Crippen molar-refractivity contribution >= 4 is 16.7 Å². The number of esters is 1. The molecule has 0 N–H and O–H groups in total. The van der Waals surface area contributed by atoms with E-state index in [9.17, 15) is 4.79 Å². The smallest absolute Gasteiger partial charge is 0.342 e. The number of fused-ring (bicyclic) bond motifs is 1. The highest BCUT2D eigenvalue weighted by molar-refractivity contribution is 6.09. The highest BCUT2D eigenvalue weighted by Gasteiger charge is 2.29. The van der Waals surface area contributed by atoms with Gasteiger partial charge in [-0.1, -0.05) is 60.7 Å². The van der Waals surface area contributed by atoms with Crippen molar-refractivity contribution in [2.75, 3.05) is 13.7 Å². The normalized spacial score (nSPS) is 10.9. The summed E-state index contributed by atoms with van der Waals surface area (Å²) in [5, 5.41) is 2.04. The maximum Gasteiger partial charge on any atom is 0.342 e. The van der Waals surface area contributed by atoms with Crippen molar-refractivity contribution < 1.29 is 18.7 Å². The fourth-order valence-corrected chi connectivity index (χ4v) is 3.72. The molecule has 146 valence electrons. The van der Waals surface area contributed by atoms with Gasteiger partial charge in [-0.25, -0.2) is 4.79 Å². The number of ether oxygens (including phenoxy) is 2. The van der Waals surface area contributed by atoms with Crippen LogP contribution in [0.4, 0.5) is 0 Å². The topological polar surface area (TPSA) is 48.7 Å². The first kappa shape index (κ1) is 18.8. The van der Waals surface area contributed by atoms with E-state index in [1.165, 1.54) is 0 Å². The Balaban J connectivity index is 2.09. The van der Waals surface area contributed by atoms with Crippen LogP contribution in [0.15, 0.2) is 71.1 Å². The largest absolute Gasteiger partial charge is 0.496 e. The number of benzene rings is 3. The Bertz CT molecular complexity index is 1170. The van der Waals surface area contributed by atoms with Crippen LogP contribution in [0, 0.1) is 6.92 Å². The molecule has 4 aromatic rings. The minimum absolute atomic E-state index is 0.281. The van der Waals surface area contributed by atoms with E-state index < -0.39 is 5.97 Å². The second-order valence-corrected chi connectivity index (χ2v) is 6.69. The zero-order chi connectivity index (χ0) is 20.4. The standard InChI is InChI=1S/C25H22O4/c1-4-28-25(26)23-21(16(2)29-24(23)18-11-6-5-7-12-18)22-19-13-9-8-10-17(19)14-15-20(22)27-3/h5-15H,4H2,1-3H3. The molecule has 4 heteroatoms. The predicted octanol–water partition coefficient (Wildman–Crippen LogP) is 6.26. The molecule has 4 rings (SSSR count). The lowest BCUT2D eigenvalue weighted by molar-refractivity contribution is 0.0527. The highest BCUT2D eigenvalue weighted by Crippen LogP contribution is 2.45. The molecule has 0 fully saturated rings. The fourth-order valence-electron chi connectivity index (χ4n) is 3.72. The van der Waals surface area contributed by atoms with Crippen LogP contribution in [-0.2, 0) is 4.74 Å². The number of hydrogen-bond donors (Lipinski definition) is 0. The summed E-state index contributed by atoms with van der Waals surface area (Å²) < 4.78 is 17.2. The molecular formula is C25H22O4. The first-order chi connectivity index (χ1) is 14.2. The van der Waals surface area contributed by atoms with E-state index >= 15 is 0 Å². The van der Waals surface area contributed by atoms with E-state index in [1.54, 1.807) is 14.0 Å². The number of carbonyl (C=O) groups excluding carboxylic acids is 1. The van der Waals surface area contributed by atoms with Gasteiger partial charge in [0.15, 0.2) is 0 Å². The lowest BCUT2D eigenvalue weighted by atomic mass is 9.93. The van der Waals surface area contributed by atoms with Crippen molar-refractivity contribution in [2.24, 2.45) is 0 Å². The lowest BCUT2D eigenvalue weighted by Crippen LogP contribution is -2.07. The Kier molecular flexibility index (Phi) is 5.09. The Hall–Kier alpha value is -3.53. The van der Waals surface area contributed by atoms with E-state index in [1.807, 2.05) is 73.7 Å². The Morgan fingerprint density at radius 3 is 2.38 bits per heavy atom. The van der Waals surface area contributed by atoms with Gasteiger partial charge in [-0.05, 0) is 30.7 Å². The van der Waals surface area contributed by atoms with Crippen LogP contribution < -0.4 is 4.74 Å². The quantitative estimate of drug-likeness (QED) is 0.380. The minimum Gasteiger partial charge on any atom is -0.496 e. The molecule has 0 saturated heterocycles. The van der Waals surface area contributed by atoms with Gasteiger partial charge in [0.1, 0.15) is 22.8 Å². The average Bonchev–Trinajstić information content (AvgIpc) is 3.10. The zero-order valence-electron chi connectivity index (χ0n) is 16.7. The second-order valence-electron chi connectivity index (χ2n) is 6.69. The van der Waals surface area contributed by atoms with Crippen LogP contribution in [0.1, 0.15) is 23.0 Å². The molecule has 0 bridgehead atoms. The van der Waals surface area contributed by atoms with Crippen LogP contribution in [-0.4, -0.2) is 19.7 Å². The summed E-state index contributed by atoms with van der Waals surface area (Å²) in [6.07, 6.45) is 0. The van der Waals surface area contributed by atoms with Gasteiger partial charge in [-0.3, -0.25) is 0 Å². The molecule has 0 radical (unpaired) electrons. The molecule has 0 aliphatic carbocycles. The highest BCUT2D eigenvalue weighted by atomic mass is 16.5. The molecule has 29 heavy (non-hydrogen) atoms. The molecule has 4 nitrogen and oxygen atoms in total. The molecule has 3 aromatic carbocycles. The van der Waals surface area contributed by atoms with E-state index in [0.717, 1.165) is 21.9 Å². The van der Waals surface area contributed by atoms with Gasteiger partial charge in [-0.2, -0.15) is 0 Å². The molecule has 0 aliphatic heterocycles. The Morgan fingerprint density at radius 1 is 0.931 bits per heavy atom. The van der Waals surface area contributed by atoms with Crippen molar-refractivity contribution in [3.8, 4) is 28.2 Å². The van der Waals surface area contributed by atoms with E-state index in [-0.39, 0.29) is 6.61 Å². The van der Waals surface area contributed by atoms with Crippen molar-refractivity contribution in [2.45, 2.75) is 13.8 Å². The van der Waals surface area contributed by atoms with Crippen molar-refractivity contribution in [3.05, 3.63) is 78.1 Å². The summed E-state index contributed by atoms with van der Waals surface area (Å²) >= 11 is 0. The summed E-state index contributed by atoms with van der Waals surface area (Å²) in [5.41, 5.74) is 2.78. The first-order valence-corrected chi connectivity index (χ1v) is 9.57. The summed E-state index contributed by atoms with van der Waals surface area (Å²) in [5.74, 6) is 1.42. The Morgan fingerprint density at radius 2 is 1.66 bits per heavy atom. The summed E-state index contributed by atoms with van der Waals surface area (Å²) in [4.78, 5) is 13.1. The van der Waals surface area contributed by atoms with Crippen LogP contribution >= 0.6 is 0 Å². The fraction of sp³-hybridized carbons (Fsp3) is 0.160. The summed E-state index contributed by atoms with van der Waals surface area (Å²) in [6, 6.07) is 21.6. The van der Waals surface area contributed by atoms with E-state index in [0.29, 0.717) is 28.4 Å². The number of carbonyl (C=O) groups is 1. The van der Waals surface area contributed by atoms with Crippen LogP contribution in [0.25, 0.3) is 33.2 Å². The summed E-state index contributed by atoms with van der Waals surface area (Å²) in [7, 11) is 1.63. The van der Waals surface area contributed by atoms with Gasteiger partial charge in [0.05, 0.1) is 13.7 Å². The first-order valence-electron chi connectivity index (χ1n) is 9.57. The minimum atomic E-state index is -0.409.